The van der Waals surface area contributed by atoms with Gasteiger partial charge >= 0.3 is 6.09 Å². The Kier molecular flexibility index (Phi) is 6.47. The number of benzene rings is 1. The third-order valence-electron chi connectivity index (χ3n) is 6.02. The van der Waals surface area contributed by atoms with Crippen LogP contribution in [0.3, 0.4) is 0 Å². The molecule has 3 N–H and O–H groups in total. The van der Waals surface area contributed by atoms with Crippen molar-refractivity contribution in [1.82, 2.24) is 29.5 Å². The summed E-state index contributed by atoms with van der Waals surface area (Å²) in [4.78, 5) is 27.3. The number of piperidine rings is 1. The molecule has 1 fully saturated rings. The van der Waals surface area contributed by atoms with Gasteiger partial charge in [0.05, 0.1) is 5.69 Å². The highest BCUT2D eigenvalue weighted by atomic mass is 16.6. The number of nitrogen functional groups attached to an aromatic ring is 1. The molecule has 0 spiro atoms. The molecule has 1 saturated heterocycles. The van der Waals surface area contributed by atoms with Crippen molar-refractivity contribution in [2.24, 2.45) is 0 Å². The van der Waals surface area contributed by atoms with E-state index in [0.717, 1.165) is 35.5 Å². The maximum absolute atomic E-state index is 12.7. The highest BCUT2D eigenvalue weighted by Crippen LogP contribution is 2.28. The van der Waals surface area contributed by atoms with Crippen molar-refractivity contribution in [2.45, 2.75) is 31.9 Å². The molecule has 2 radical (unpaired) electrons. The second kappa shape index (κ2) is 10.0. The number of anilines is 2. The van der Waals surface area contributed by atoms with Gasteiger partial charge in [0.15, 0.2) is 5.65 Å². The maximum atomic E-state index is 12.7. The van der Waals surface area contributed by atoms with E-state index in [1.807, 2.05) is 36.4 Å². The summed E-state index contributed by atoms with van der Waals surface area (Å²) in [5, 5.41) is 7.73. The Balaban J connectivity index is 1.32. The lowest BCUT2D eigenvalue weighted by molar-refractivity contribution is 0.0856. The third kappa shape index (κ3) is 5.18. The lowest BCUT2D eigenvalue weighted by Crippen LogP contribution is -2.39. The molecule has 0 saturated carbocycles. The number of likely N-dealkylation sites (tertiary alicyclic amines) is 1. The normalized spacial score (nSPS) is 15.8. The summed E-state index contributed by atoms with van der Waals surface area (Å²) in [5.41, 5.74) is 9.31. The van der Waals surface area contributed by atoms with Crippen LogP contribution in [0.15, 0.2) is 55.0 Å². The van der Waals surface area contributed by atoms with Crippen LogP contribution in [0.5, 0.6) is 0 Å². The number of carbonyl (C=O) groups is 1. The van der Waals surface area contributed by atoms with Crippen molar-refractivity contribution < 1.29 is 9.53 Å². The number of carbonyl (C=O) groups excluding carboxylic acids is 1. The SMILES string of the molecule is [B]c1cnn2c(NCc3cnc(N)nc3)cc(C3CCCN(C(=O)OCc4ccccc4)C3)nc12. The van der Waals surface area contributed by atoms with Crippen molar-refractivity contribution in [2.75, 3.05) is 24.1 Å². The zero-order chi connectivity index (χ0) is 24.2. The number of nitrogens with one attached hydrogen (secondary N) is 1. The predicted molar refractivity (Wildman–Crippen MR) is 132 cm³/mol. The minimum Gasteiger partial charge on any atom is -0.445 e. The van der Waals surface area contributed by atoms with Crippen LogP contribution in [0.25, 0.3) is 5.65 Å². The van der Waals surface area contributed by atoms with E-state index < -0.39 is 0 Å². The van der Waals surface area contributed by atoms with Gasteiger partial charge in [0.2, 0.25) is 5.95 Å². The lowest BCUT2D eigenvalue weighted by Gasteiger charge is -2.32. The lowest BCUT2D eigenvalue weighted by atomic mass is 9.94. The van der Waals surface area contributed by atoms with Gasteiger partial charge in [-0.3, -0.25) is 0 Å². The minimum absolute atomic E-state index is 0.0488. The molecule has 5 rings (SSSR count). The van der Waals surface area contributed by atoms with Gasteiger partial charge in [0.25, 0.3) is 0 Å². The van der Waals surface area contributed by atoms with Crippen molar-refractivity contribution in [3.8, 4) is 0 Å². The second-order valence-corrected chi connectivity index (χ2v) is 8.53. The van der Waals surface area contributed by atoms with Crippen LogP contribution in [-0.4, -0.2) is 56.5 Å². The standard InChI is InChI=1S/C24H25BN8O2/c25-19-13-30-33-21(27-10-17-11-28-23(26)29-12-17)9-20(31-22(19)33)18-7-4-8-32(14-18)24(34)35-15-16-5-2-1-3-6-16/h1-3,5-6,9,11-13,18,27H,4,7-8,10,14-15H2,(H2,26,28,29). The Hall–Kier alpha value is -4.15. The van der Waals surface area contributed by atoms with Crippen molar-refractivity contribution in [1.29, 1.82) is 0 Å². The van der Waals surface area contributed by atoms with Gasteiger partial charge in [-0.15, -0.1) is 0 Å². The fraction of sp³-hybridized carbons (Fsp3) is 0.292. The van der Waals surface area contributed by atoms with Crippen molar-refractivity contribution in [3.05, 3.63) is 71.8 Å². The average molecular weight is 468 g/mol. The number of ether oxygens (including phenoxy) is 1. The van der Waals surface area contributed by atoms with Crippen LogP contribution in [0.2, 0.25) is 0 Å². The molecule has 11 heteroatoms. The Morgan fingerprint density at radius 2 is 1.97 bits per heavy atom. The molecule has 1 amide bonds. The van der Waals surface area contributed by atoms with E-state index >= 15 is 0 Å². The van der Waals surface area contributed by atoms with Crippen molar-refractivity contribution in [3.63, 3.8) is 0 Å². The molecular formula is C24H25BN8O2. The van der Waals surface area contributed by atoms with E-state index in [0.29, 0.717) is 30.7 Å². The molecule has 1 aromatic carbocycles. The number of nitrogens with two attached hydrogens (primary N) is 1. The van der Waals surface area contributed by atoms with Crippen LogP contribution in [-0.2, 0) is 17.9 Å². The third-order valence-corrected chi connectivity index (χ3v) is 6.02. The Morgan fingerprint density at radius 3 is 2.77 bits per heavy atom. The summed E-state index contributed by atoms with van der Waals surface area (Å²) in [5.74, 6) is 1.02. The van der Waals surface area contributed by atoms with E-state index in [9.17, 15) is 4.79 Å². The first-order chi connectivity index (χ1) is 17.1. The van der Waals surface area contributed by atoms with Gasteiger partial charge in [0, 0.05) is 55.8 Å². The van der Waals surface area contributed by atoms with Gasteiger partial charge in [-0.1, -0.05) is 30.3 Å². The van der Waals surface area contributed by atoms with E-state index in [-0.39, 0.29) is 24.6 Å². The van der Waals surface area contributed by atoms with Gasteiger partial charge < -0.3 is 20.7 Å². The van der Waals surface area contributed by atoms with E-state index in [2.05, 4.69) is 20.4 Å². The minimum atomic E-state index is -0.315. The fourth-order valence-corrected chi connectivity index (χ4v) is 4.18. The first-order valence-corrected chi connectivity index (χ1v) is 11.5. The summed E-state index contributed by atoms with van der Waals surface area (Å²) < 4.78 is 7.22. The molecule has 1 aliphatic heterocycles. The topological polar surface area (TPSA) is 124 Å². The molecule has 0 aliphatic carbocycles. The summed E-state index contributed by atoms with van der Waals surface area (Å²) >= 11 is 0. The quantitative estimate of drug-likeness (QED) is 0.412. The fourth-order valence-electron chi connectivity index (χ4n) is 4.18. The van der Waals surface area contributed by atoms with Crippen LogP contribution >= 0.6 is 0 Å². The van der Waals surface area contributed by atoms with Gasteiger partial charge in [0.1, 0.15) is 20.3 Å². The smallest absolute Gasteiger partial charge is 0.410 e. The number of hydrogen-bond donors (Lipinski definition) is 2. The Bertz CT molecular complexity index is 1310. The number of fused-ring (bicyclic) bond motifs is 1. The van der Waals surface area contributed by atoms with Gasteiger partial charge in [-0.25, -0.2) is 19.7 Å². The van der Waals surface area contributed by atoms with Crippen LogP contribution < -0.4 is 16.5 Å². The summed E-state index contributed by atoms with van der Waals surface area (Å²) in [6.07, 6.45) is 6.38. The number of rotatable bonds is 6. The highest BCUT2D eigenvalue weighted by Gasteiger charge is 2.27. The van der Waals surface area contributed by atoms with E-state index in [4.69, 9.17) is 23.3 Å². The average Bonchev–Trinajstić information content (AvgIpc) is 3.28. The molecule has 3 aromatic heterocycles. The van der Waals surface area contributed by atoms with Crippen LogP contribution in [0.1, 0.15) is 35.6 Å². The van der Waals surface area contributed by atoms with E-state index in [1.54, 1.807) is 28.0 Å². The molecule has 4 aromatic rings. The monoisotopic (exact) mass is 468 g/mol. The number of hydrogen-bond acceptors (Lipinski definition) is 8. The zero-order valence-electron chi connectivity index (χ0n) is 19.2. The number of amides is 1. The Labute approximate surface area is 204 Å². The number of aromatic nitrogens is 5. The molecule has 4 heterocycles. The van der Waals surface area contributed by atoms with Gasteiger partial charge in [-0.05, 0) is 23.9 Å². The molecule has 176 valence electrons. The maximum Gasteiger partial charge on any atom is 0.410 e. The summed E-state index contributed by atoms with van der Waals surface area (Å²) in [6, 6.07) is 11.6. The summed E-state index contributed by atoms with van der Waals surface area (Å²) in [7, 11) is 6.15. The van der Waals surface area contributed by atoms with Crippen LogP contribution in [0.4, 0.5) is 16.6 Å². The zero-order valence-corrected chi connectivity index (χ0v) is 19.2. The molecule has 0 bridgehead atoms. The predicted octanol–water partition coefficient (Wildman–Crippen LogP) is 2.02. The molecule has 1 aliphatic rings. The Morgan fingerprint density at radius 1 is 1.17 bits per heavy atom. The molecular weight excluding hydrogens is 443 g/mol. The first-order valence-electron chi connectivity index (χ1n) is 11.5. The largest absolute Gasteiger partial charge is 0.445 e. The second-order valence-electron chi connectivity index (χ2n) is 8.53. The van der Waals surface area contributed by atoms with Crippen LogP contribution in [0, 0.1) is 0 Å². The molecule has 35 heavy (non-hydrogen) atoms. The molecule has 1 unspecified atom stereocenters. The molecule has 1 atom stereocenters. The summed E-state index contributed by atoms with van der Waals surface area (Å²) in [6.45, 7) is 1.90. The van der Waals surface area contributed by atoms with Crippen molar-refractivity contribution >= 4 is 36.8 Å². The van der Waals surface area contributed by atoms with Gasteiger partial charge in [-0.2, -0.15) is 9.61 Å². The van der Waals surface area contributed by atoms with E-state index in [1.165, 1.54) is 0 Å². The highest BCUT2D eigenvalue weighted by molar-refractivity contribution is 6.36. The number of nitrogens with zero attached hydrogens (tertiary/aromatic N) is 6. The molecule has 10 nitrogen and oxygen atoms in total. The first kappa shape index (κ1) is 22.6.